The fraction of sp³-hybridized carbons (Fsp3) is 0.158. The van der Waals surface area contributed by atoms with Gasteiger partial charge in [-0.3, -0.25) is 14.9 Å². The van der Waals surface area contributed by atoms with Gasteiger partial charge in [0.15, 0.2) is 0 Å². The molecule has 0 spiro atoms. The monoisotopic (exact) mass is 351 g/mol. The molecule has 0 aromatic heterocycles. The van der Waals surface area contributed by atoms with E-state index in [1.807, 2.05) is 6.07 Å². The number of nitrogens with zero attached hydrogens (tertiary/aromatic N) is 3. The second-order valence-corrected chi connectivity index (χ2v) is 5.65. The fourth-order valence-electron chi connectivity index (χ4n) is 2.09. The second-order valence-electron chi connectivity index (χ2n) is 5.65. The number of ether oxygens (including phenoxy) is 1. The molecule has 0 saturated heterocycles. The first-order valence-corrected chi connectivity index (χ1v) is 7.70. The molecule has 0 aliphatic carbocycles. The van der Waals surface area contributed by atoms with Crippen molar-refractivity contribution in [2.75, 3.05) is 14.1 Å². The fourth-order valence-corrected chi connectivity index (χ4v) is 2.09. The van der Waals surface area contributed by atoms with E-state index in [4.69, 9.17) is 10.00 Å². The molecule has 7 heteroatoms. The number of hydrogen-bond donors (Lipinski definition) is 0. The zero-order chi connectivity index (χ0) is 19.1. The van der Waals surface area contributed by atoms with Crippen LogP contribution >= 0.6 is 0 Å². The van der Waals surface area contributed by atoms with Crippen LogP contribution in [0.5, 0.6) is 5.75 Å². The van der Waals surface area contributed by atoms with Crippen LogP contribution in [0.2, 0.25) is 0 Å². The van der Waals surface area contributed by atoms with Gasteiger partial charge in [-0.25, -0.2) is 0 Å². The van der Waals surface area contributed by atoms with E-state index in [2.05, 4.69) is 0 Å². The first kappa shape index (κ1) is 18.7. The average Bonchev–Trinajstić information content (AvgIpc) is 2.65. The van der Waals surface area contributed by atoms with E-state index in [-0.39, 0.29) is 23.8 Å². The van der Waals surface area contributed by atoms with Crippen LogP contribution in [0, 0.1) is 21.4 Å². The van der Waals surface area contributed by atoms with Crippen LogP contribution in [0.25, 0.3) is 6.08 Å². The smallest absolute Gasteiger partial charge is 0.269 e. The number of likely N-dealkylation sites (N-methyl/N-ethyl adjacent to an activating group) is 1. The van der Waals surface area contributed by atoms with Gasteiger partial charge >= 0.3 is 0 Å². The topological polar surface area (TPSA) is 96.5 Å². The molecule has 26 heavy (non-hydrogen) atoms. The van der Waals surface area contributed by atoms with Gasteiger partial charge < -0.3 is 9.64 Å². The largest absolute Gasteiger partial charge is 0.489 e. The van der Waals surface area contributed by atoms with Gasteiger partial charge in [0.25, 0.3) is 11.6 Å². The van der Waals surface area contributed by atoms with Crippen molar-refractivity contribution in [3.63, 3.8) is 0 Å². The molecule has 0 fully saturated rings. The highest BCUT2D eigenvalue weighted by Crippen LogP contribution is 2.18. The molecule has 0 atom stereocenters. The highest BCUT2D eigenvalue weighted by Gasteiger charge is 2.11. The summed E-state index contributed by atoms with van der Waals surface area (Å²) in [5, 5.41) is 19.7. The Hall–Kier alpha value is -3.66. The lowest BCUT2D eigenvalue weighted by Gasteiger charge is -2.09. The van der Waals surface area contributed by atoms with Crippen LogP contribution in [-0.4, -0.2) is 29.8 Å². The molecule has 0 saturated carbocycles. The normalized spacial score (nSPS) is 10.7. The number of nitriles is 1. The van der Waals surface area contributed by atoms with Gasteiger partial charge in [-0.1, -0.05) is 12.1 Å². The van der Waals surface area contributed by atoms with Crippen LogP contribution in [-0.2, 0) is 11.4 Å². The number of benzene rings is 2. The minimum Gasteiger partial charge on any atom is -0.489 e. The molecular weight excluding hydrogens is 334 g/mol. The maximum absolute atomic E-state index is 11.8. The molecule has 0 radical (unpaired) electrons. The van der Waals surface area contributed by atoms with Crippen LogP contribution < -0.4 is 4.74 Å². The van der Waals surface area contributed by atoms with E-state index in [1.165, 1.54) is 23.1 Å². The van der Waals surface area contributed by atoms with E-state index >= 15 is 0 Å². The number of nitro benzene ring substituents is 1. The van der Waals surface area contributed by atoms with Crippen molar-refractivity contribution in [3.05, 3.63) is 75.3 Å². The zero-order valence-electron chi connectivity index (χ0n) is 14.4. The Morgan fingerprint density at radius 3 is 2.31 bits per heavy atom. The van der Waals surface area contributed by atoms with Gasteiger partial charge in [-0.05, 0) is 41.5 Å². The Bertz CT molecular complexity index is 863. The lowest BCUT2D eigenvalue weighted by Crippen LogP contribution is -2.22. The molecule has 2 aromatic carbocycles. The predicted octanol–water partition coefficient (Wildman–Crippen LogP) is 3.17. The Labute approximate surface area is 150 Å². The molecule has 2 aromatic rings. The summed E-state index contributed by atoms with van der Waals surface area (Å²) in [6, 6.07) is 15.0. The van der Waals surface area contributed by atoms with Gasteiger partial charge in [0.05, 0.1) is 4.92 Å². The first-order valence-electron chi connectivity index (χ1n) is 7.70. The number of nitro groups is 1. The van der Waals surface area contributed by atoms with Crippen LogP contribution in [0.3, 0.4) is 0 Å². The van der Waals surface area contributed by atoms with Gasteiger partial charge in [-0.2, -0.15) is 5.26 Å². The van der Waals surface area contributed by atoms with E-state index in [1.54, 1.807) is 50.5 Å². The van der Waals surface area contributed by atoms with Crippen LogP contribution in [0.1, 0.15) is 11.1 Å². The summed E-state index contributed by atoms with van der Waals surface area (Å²) in [7, 11) is 3.17. The summed E-state index contributed by atoms with van der Waals surface area (Å²) in [5.41, 5.74) is 1.60. The van der Waals surface area contributed by atoms with E-state index in [0.29, 0.717) is 11.3 Å². The highest BCUT2D eigenvalue weighted by atomic mass is 16.6. The minimum atomic E-state index is -0.451. The average molecular weight is 351 g/mol. The third kappa shape index (κ3) is 4.92. The summed E-state index contributed by atoms with van der Waals surface area (Å²) >= 11 is 0. The van der Waals surface area contributed by atoms with Crippen molar-refractivity contribution in [1.82, 2.24) is 4.90 Å². The molecule has 0 aliphatic heterocycles. The molecule has 0 unspecified atom stereocenters. The molecule has 0 bridgehead atoms. The number of hydrogen-bond acceptors (Lipinski definition) is 5. The van der Waals surface area contributed by atoms with E-state index in [0.717, 1.165) is 5.56 Å². The SMILES string of the molecule is CN(C)C(=O)/C(C#N)=C\c1ccc(OCc2ccc([N+](=O)[O-])cc2)cc1. The second kappa shape index (κ2) is 8.44. The quantitative estimate of drug-likeness (QED) is 0.345. The lowest BCUT2D eigenvalue weighted by molar-refractivity contribution is -0.384. The van der Waals surface area contributed by atoms with Crippen molar-refractivity contribution < 1.29 is 14.5 Å². The van der Waals surface area contributed by atoms with Gasteiger partial charge in [-0.15, -0.1) is 0 Å². The molecule has 0 N–H and O–H groups in total. The zero-order valence-corrected chi connectivity index (χ0v) is 14.4. The summed E-state index contributed by atoms with van der Waals surface area (Å²) in [6.45, 7) is 0.274. The third-order valence-corrected chi connectivity index (χ3v) is 3.50. The number of carbonyl (C=O) groups is 1. The number of carbonyl (C=O) groups excluding carboxylic acids is 1. The molecular formula is C19H17N3O4. The molecule has 1 amide bonds. The van der Waals surface area contributed by atoms with Gasteiger partial charge in [0.1, 0.15) is 24.0 Å². The Kier molecular flexibility index (Phi) is 6.06. The maximum Gasteiger partial charge on any atom is 0.269 e. The number of amides is 1. The molecule has 0 aliphatic rings. The first-order chi connectivity index (χ1) is 12.4. The summed E-state index contributed by atoms with van der Waals surface area (Å²) < 4.78 is 5.63. The standard InChI is InChI=1S/C19H17N3O4/c1-21(2)19(23)16(12-20)11-14-5-9-18(10-6-14)26-13-15-3-7-17(8-4-15)22(24)25/h3-11H,13H2,1-2H3/b16-11-. The van der Waals surface area contributed by atoms with Crippen molar-refractivity contribution in [2.45, 2.75) is 6.61 Å². The summed E-state index contributed by atoms with van der Waals surface area (Å²) in [6.07, 6.45) is 1.52. The summed E-state index contributed by atoms with van der Waals surface area (Å²) in [4.78, 5) is 23.4. The predicted molar refractivity (Wildman–Crippen MR) is 96.2 cm³/mol. The summed E-state index contributed by atoms with van der Waals surface area (Å²) in [5.74, 6) is 0.254. The van der Waals surface area contributed by atoms with Crippen LogP contribution in [0.4, 0.5) is 5.69 Å². The molecule has 0 heterocycles. The van der Waals surface area contributed by atoms with Crippen molar-refractivity contribution >= 4 is 17.7 Å². The van der Waals surface area contributed by atoms with Crippen molar-refractivity contribution in [1.29, 1.82) is 5.26 Å². The van der Waals surface area contributed by atoms with Crippen molar-refractivity contribution in [3.8, 4) is 11.8 Å². The highest BCUT2D eigenvalue weighted by molar-refractivity contribution is 6.01. The molecule has 2 rings (SSSR count). The van der Waals surface area contributed by atoms with Crippen molar-refractivity contribution in [2.24, 2.45) is 0 Å². The Morgan fingerprint density at radius 1 is 1.19 bits per heavy atom. The number of non-ortho nitro benzene ring substituents is 1. The lowest BCUT2D eigenvalue weighted by atomic mass is 10.1. The maximum atomic E-state index is 11.8. The third-order valence-electron chi connectivity index (χ3n) is 3.50. The van der Waals surface area contributed by atoms with Gasteiger partial charge in [0, 0.05) is 26.2 Å². The van der Waals surface area contributed by atoms with Crippen LogP contribution in [0.15, 0.2) is 54.1 Å². The van der Waals surface area contributed by atoms with E-state index < -0.39 is 4.92 Å². The molecule has 132 valence electrons. The Balaban J connectivity index is 2.02. The minimum absolute atomic E-state index is 0.0328. The Morgan fingerprint density at radius 2 is 1.81 bits per heavy atom. The van der Waals surface area contributed by atoms with Gasteiger partial charge in [0.2, 0.25) is 0 Å². The van der Waals surface area contributed by atoms with E-state index in [9.17, 15) is 14.9 Å². The molecule has 7 nitrogen and oxygen atoms in total. The number of rotatable bonds is 6.